The van der Waals surface area contributed by atoms with Gasteiger partial charge in [0.15, 0.2) is 0 Å². The Bertz CT molecular complexity index is 527. The first-order valence-electron chi connectivity index (χ1n) is 5.78. The Labute approximate surface area is 110 Å². The number of hydrazine groups is 1. The highest BCUT2D eigenvalue weighted by atomic mass is 32.1. The van der Waals surface area contributed by atoms with Crippen molar-refractivity contribution in [2.45, 2.75) is 13.3 Å². The van der Waals surface area contributed by atoms with Gasteiger partial charge in [0.25, 0.3) is 0 Å². The maximum Gasteiger partial charge on any atom is 0.240 e. The van der Waals surface area contributed by atoms with Crippen LogP contribution in [0, 0.1) is 0 Å². The summed E-state index contributed by atoms with van der Waals surface area (Å²) in [5, 5.41) is 4.27. The van der Waals surface area contributed by atoms with E-state index in [2.05, 4.69) is 33.7 Å². The third kappa shape index (κ3) is 2.69. The lowest BCUT2D eigenvalue weighted by molar-refractivity contribution is 0.210. The predicted octanol–water partition coefficient (Wildman–Crippen LogP) is 1.60. The lowest BCUT2D eigenvalue weighted by Gasteiger charge is -2.07. The molecule has 98 valence electrons. The average Bonchev–Trinajstić information content (AvgIpc) is 2.81. The second kappa shape index (κ2) is 5.94. The summed E-state index contributed by atoms with van der Waals surface area (Å²) in [6.07, 6.45) is 0.990. The molecule has 0 saturated carbocycles. The molecule has 0 fully saturated rings. The number of nitrogen functional groups attached to an aromatic ring is 1. The summed E-state index contributed by atoms with van der Waals surface area (Å²) in [6.45, 7) is 3.45. The predicted molar refractivity (Wildman–Crippen MR) is 75.0 cm³/mol. The van der Waals surface area contributed by atoms with Crippen LogP contribution in [0.5, 0.6) is 0 Å². The second-order valence-electron chi connectivity index (χ2n) is 3.74. The minimum atomic E-state index is 0.423. The summed E-state index contributed by atoms with van der Waals surface area (Å²) in [7, 11) is 1.67. The van der Waals surface area contributed by atoms with Crippen LogP contribution in [0.15, 0.2) is 6.07 Å². The zero-order chi connectivity index (χ0) is 13.0. The Morgan fingerprint density at radius 1 is 1.44 bits per heavy atom. The first-order valence-corrected chi connectivity index (χ1v) is 6.60. The molecule has 6 nitrogen and oxygen atoms in total. The lowest BCUT2D eigenvalue weighted by Crippen LogP contribution is -2.13. The smallest absolute Gasteiger partial charge is 0.240 e. The Hall–Kier alpha value is -1.44. The molecule has 2 aromatic heterocycles. The van der Waals surface area contributed by atoms with E-state index in [9.17, 15) is 0 Å². The molecule has 0 bridgehead atoms. The molecule has 0 aliphatic rings. The van der Waals surface area contributed by atoms with Crippen molar-refractivity contribution in [3.8, 4) is 0 Å². The van der Waals surface area contributed by atoms with Gasteiger partial charge in [-0.05, 0) is 12.5 Å². The van der Waals surface area contributed by atoms with Crippen molar-refractivity contribution in [3.05, 3.63) is 10.9 Å². The standard InChI is InChI=1S/C11H17N5OS/c1-3-7-6-8-9(13-4-5-17-2)14-11(16-12)15-10(8)18-7/h6H,3-5,12H2,1-2H3,(H2,13,14,15,16). The number of aromatic nitrogens is 2. The molecule has 0 amide bonds. The van der Waals surface area contributed by atoms with Gasteiger partial charge in [0.05, 0.1) is 12.0 Å². The van der Waals surface area contributed by atoms with E-state index < -0.39 is 0 Å². The van der Waals surface area contributed by atoms with Gasteiger partial charge in [-0.3, -0.25) is 5.43 Å². The monoisotopic (exact) mass is 267 g/mol. The highest BCUT2D eigenvalue weighted by Crippen LogP contribution is 2.30. The molecule has 0 aliphatic carbocycles. The van der Waals surface area contributed by atoms with E-state index in [0.717, 1.165) is 22.5 Å². The van der Waals surface area contributed by atoms with Gasteiger partial charge in [-0.2, -0.15) is 4.98 Å². The van der Waals surface area contributed by atoms with E-state index in [1.165, 1.54) is 4.88 Å². The summed E-state index contributed by atoms with van der Waals surface area (Å²) in [5.41, 5.74) is 2.49. The molecule has 2 heterocycles. The van der Waals surface area contributed by atoms with Crippen LogP contribution in [0.4, 0.5) is 11.8 Å². The molecule has 0 aromatic carbocycles. The maximum atomic E-state index is 5.38. The van der Waals surface area contributed by atoms with Crippen LogP contribution in [0.2, 0.25) is 0 Å². The van der Waals surface area contributed by atoms with Gasteiger partial charge in [0.2, 0.25) is 5.95 Å². The van der Waals surface area contributed by atoms with Crippen molar-refractivity contribution in [3.63, 3.8) is 0 Å². The number of hydrogen-bond donors (Lipinski definition) is 3. The van der Waals surface area contributed by atoms with Crippen LogP contribution in [0.1, 0.15) is 11.8 Å². The van der Waals surface area contributed by atoms with Gasteiger partial charge in [-0.1, -0.05) is 6.92 Å². The fourth-order valence-electron chi connectivity index (χ4n) is 1.62. The summed E-state index contributed by atoms with van der Waals surface area (Å²) < 4.78 is 5.01. The van der Waals surface area contributed by atoms with Crippen LogP contribution in [-0.2, 0) is 11.2 Å². The number of ether oxygens (including phenoxy) is 1. The van der Waals surface area contributed by atoms with Crippen LogP contribution in [-0.4, -0.2) is 30.2 Å². The molecule has 0 aliphatic heterocycles. The molecule has 2 rings (SSSR count). The number of aryl methyl sites for hydroxylation is 1. The van der Waals surface area contributed by atoms with Crippen LogP contribution in [0.3, 0.4) is 0 Å². The molecule has 0 spiro atoms. The number of fused-ring (bicyclic) bond motifs is 1. The lowest BCUT2D eigenvalue weighted by atomic mass is 10.3. The third-order valence-electron chi connectivity index (χ3n) is 2.52. The van der Waals surface area contributed by atoms with Crippen molar-refractivity contribution in [2.24, 2.45) is 5.84 Å². The number of nitrogens with zero attached hydrogens (tertiary/aromatic N) is 2. The summed E-state index contributed by atoms with van der Waals surface area (Å²) in [4.78, 5) is 10.9. The molecule has 18 heavy (non-hydrogen) atoms. The van der Waals surface area contributed by atoms with E-state index in [0.29, 0.717) is 19.1 Å². The molecular weight excluding hydrogens is 250 g/mol. The van der Waals surface area contributed by atoms with Crippen molar-refractivity contribution in [1.82, 2.24) is 9.97 Å². The minimum absolute atomic E-state index is 0.423. The van der Waals surface area contributed by atoms with Crippen molar-refractivity contribution in [2.75, 3.05) is 31.0 Å². The van der Waals surface area contributed by atoms with Gasteiger partial charge in [0, 0.05) is 18.5 Å². The maximum absolute atomic E-state index is 5.38. The van der Waals surface area contributed by atoms with E-state index in [-0.39, 0.29) is 0 Å². The summed E-state index contributed by atoms with van der Waals surface area (Å²) in [5.74, 6) is 6.60. The van der Waals surface area contributed by atoms with E-state index in [1.807, 2.05) is 0 Å². The Morgan fingerprint density at radius 2 is 2.28 bits per heavy atom. The number of thiophene rings is 1. The van der Waals surface area contributed by atoms with E-state index >= 15 is 0 Å². The minimum Gasteiger partial charge on any atom is -0.383 e. The Balaban J connectivity index is 2.37. The first kappa shape index (κ1) is 13.0. The third-order valence-corrected chi connectivity index (χ3v) is 3.69. The molecule has 0 radical (unpaired) electrons. The van der Waals surface area contributed by atoms with Gasteiger partial charge >= 0.3 is 0 Å². The van der Waals surface area contributed by atoms with Gasteiger partial charge in [0.1, 0.15) is 10.6 Å². The number of nitrogens with one attached hydrogen (secondary N) is 2. The molecular formula is C11H17N5OS. The van der Waals surface area contributed by atoms with Crippen molar-refractivity contribution < 1.29 is 4.74 Å². The molecule has 4 N–H and O–H groups in total. The topological polar surface area (TPSA) is 85.1 Å². The van der Waals surface area contributed by atoms with E-state index in [1.54, 1.807) is 18.4 Å². The number of methoxy groups -OCH3 is 1. The van der Waals surface area contributed by atoms with Crippen LogP contribution in [0.25, 0.3) is 10.2 Å². The zero-order valence-corrected chi connectivity index (χ0v) is 11.3. The quantitative estimate of drug-likeness (QED) is 0.419. The Morgan fingerprint density at radius 3 is 2.94 bits per heavy atom. The van der Waals surface area contributed by atoms with E-state index in [4.69, 9.17) is 10.6 Å². The second-order valence-corrected chi connectivity index (χ2v) is 4.86. The average molecular weight is 267 g/mol. The molecule has 2 aromatic rings. The highest BCUT2D eigenvalue weighted by Gasteiger charge is 2.10. The van der Waals surface area contributed by atoms with Gasteiger partial charge in [-0.25, -0.2) is 10.8 Å². The molecule has 0 unspecified atom stereocenters. The summed E-state index contributed by atoms with van der Waals surface area (Å²) in [6, 6.07) is 2.12. The van der Waals surface area contributed by atoms with Gasteiger partial charge < -0.3 is 10.1 Å². The largest absolute Gasteiger partial charge is 0.383 e. The SMILES string of the molecule is CCc1cc2c(NCCOC)nc(NN)nc2s1. The summed E-state index contributed by atoms with van der Waals surface area (Å²) >= 11 is 1.66. The highest BCUT2D eigenvalue weighted by molar-refractivity contribution is 7.18. The number of anilines is 2. The fourth-order valence-corrected chi connectivity index (χ4v) is 2.58. The van der Waals surface area contributed by atoms with Crippen molar-refractivity contribution in [1.29, 1.82) is 0 Å². The molecule has 0 atom stereocenters. The normalized spacial score (nSPS) is 10.8. The van der Waals surface area contributed by atoms with Crippen LogP contribution < -0.4 is 16.6 Å². The number of hydrogen-bond acceptors (Lipinski definition) is 7. The Kier molecular flexibility index (Phi) is 4.29. The molecule has 0 saturated heterocycles. The number of nitrogens with two attached hydrogens (primary N) is 1. The first-order chi connectivity index (χ1) is 8.78. The fraction of sp³-hybridized carbons (Fsp3) is 0.455. The van der Waals surface area contributed by atoms with Crippen molar-refractivity contribution >= 4 is 33.3 Å². The molecule has 7 heteroatoms. The number of rotatable bonds is 6. The van der Waals surface area contributed by atoms with Crippen LogP contribution >= 0.6 is 11.3 Å². The zero-order valence-electron chi connectivity index (χ0n) is 10.5. The van der Waals surface area contributed by atoms with Gasteiger partial charge in [-0.15, -0.1) is 11.3 Å².